The summed E-state index contributed by atoms with van der Waals surface area (Å²) >= 11 is 0. The minimum atomic E-state index is -0.582. The molecule has 1 aromatic carbocycles. The lowest BCUT2D eigenvalue weighted by atomic mass is 10.1. The van der Waals surface area contributed by atoms with Crippen molar-refractivity contribution in [2.45, 2.75) is 32.3 Å². The van der Waals surface area contributed by atoms with E-state index >= 15 is 0 Å². The van der Waals surface area contributed by atoms with E-state index in [4.69, 9.17) is 15.8 Å². The number of benzene rings is 1. The minimum absolute atomic E-state index is 0.335. The fourth-order valence-electron chi connectivity index (χ4n) is 1.54. The minimum Gasteiger partial charge on any atom is -0.481 e. The second kappa shape index (κ2) is 7.30. The van der Waals surface area contributed by atoms with Gasteiger partial charge in [0, 0.05) is 0 Å². The average molecular weight is 247 g/mol. The van der Waals surface area contributed by atoms with Crippen molar-refractivity contribution in [3.63, 3.8) is 0 Å². The molecule has 0 aliphatic carbocycles. The van der Waals surface area contributed by atoms with Crippen LogP contribution in [0.3, 0.4) is 0 Å². The van der Waals surface area contributed by atoms with Gasteiger partial charge in [-0.25, -0.2) is 5.84 Å². The molecule has 0 saturated carbocycles. The number of amides is 1. The van der Waals surface area contributed by atoms with Crippen molar-refractivity contribution in [1.82, 2.24) is 5.43 Å². The number of nitriles is 1. The molecule has 18 heavy (non-hydrogen) atoms. The van der Waals surface area contributed by atoms with E-state index in [0.29, 0.717) is 18.6 Å². The molecule has 1 aromatic rings. The van der Waals surface area contributed by atoms with Crippen LogP contribution in [0.4, 0.5) is 0 Å². The molecule has 5 heteroatoms. The molecule has 1 amide bonds. The zero-order chi connectivity index (χ0) is 13.4. The van der Waals surface area contributed by atoms with Crippen LogP contribution in [-0.4, -0.2) is 12.0 Å². The van der Waals surface area contributed by atoms with Gasteiger partial charge in [0.05, 0.1) is 12.5 Å². The maximum Gasteiger partial charge on any atom is 0.274 e. The normalized spacial score (nSPS) is 11.4. The summed E-state index contributed by atoms with van der Waals surface area (Å²) in [6.45, 7) is 1.97. The van der Waals surface area contributed by atoms with Crippen molar-refractivity contribution in [1.29, 1.82) is 5.26 Å². The predicted molar refractivity (Wildman–Crippen MR) is 67.4 cm³/mol. The van der Waals surface area contributed by atoms with Crippen LogP contribution >= 0.6 is 0 Å². The predicted octanol–water partition coefficient (Wildman–Crippen LogP) is 1.29. The number of ether oxygens (including phenoxy) is 1. The number of hydrogen-bond acceptors (Lipinski definition) is 4. The van der Waals surface area contributed by atoms with Gasteiger partial charge >= 0.3 is 0 Å². The number of nitrogens with zero attached hydrogens (tertiary/aromatic N) is 1. The highest BCUT2D eigenvalue weighted by molar-refractivity contribution is 5.80. The van der Waals surface area contributed by atoms with E-state index in [0.717, 1.165) is 12.0 Å². The molecule has 1 rings (SSSR count). The van der Waals surface area contributed by atoms with Gasteiger partial charge < -0.3 is 4.74 Å². The SMILES string of the molecule is CCCC(Oc1ccc(CC#N)cc1)C(=O)NN. The van der Waals surface area contributed by atoms with E-state index in [2.05, 4.69) is 11.5 Å². The van der Waals surface area contributed by atoms with E-state index in [9.17, 15) is 4.79 Å². The Bertz CT molecular complexity index is 423. The summed E-state index contributed by atoms with van der Waals surface area (Å²) in [4.78, 5) is 11.5. The number of nitrogens with two attached hydrogens (primary N) is 1. The molecular formula is C13H17N3O2. The molecule has 0 bridgehead atoms. The fraction of sp³-hybridized carbons (Fsp3) is 0.385. The quantitative estimate of drug-likeness (QED) is 0.450. The molecule has 0 aromatic heterocycles. The Labute approximate surface area is 107 Å². The lowest BCUT2D eigenvalue weighted by molar-refractivity contribution is -0.128. The maximum atomic E-state index is 11.5. The van der Waals surface area contributed by atoms with Crippen LogP contribution in [0.25, 0.3) is 0 Å². The lowest BCUT2D eigenvalue weighted by Crippen LogP contribution is -2.42. The van der Waals surface area contributed by atoms with Gasteiger partial charge in [0.2, 0.25) is 0 Å². The van der Waals surface area contributed by atoms with Gasteiger partial charge in [0.1, 0.15) is 5.75 Å². The maximum absolute atomic E-state index is 11.5. The van der Waals surface area contributed by atoms with Crippen molar-refractivity contribution in [3.05, 3.63) is 29.8 Å². The Balaban J connectivity index is 2.69. The van der Waals surface area contributed by atoms with Crippen molar-refractivity contribution < 1.29 is 9.53 Å². The number of carbonyl (C=O) groups excluding carboxylic acids is 1. The Morgan fingerprint density at radius 3 is 2.67 bits per heavy atom. The van der Waals surface area contributed by atoms with Gasteiger partial charge in [0.25, 0.3) is 5.91 Å². The topological polar surface area (TPSA) is 88.1 Å². The van der Waals surface area contributed by atoms with Crippen LogP contribution in [0.2, 0.25) is 0 Å². The Kier molecular flexibility index (Phi) is 5.68. The highest BCUT2D eigenvalue weighted by atomic mass is 16.5. The van der Waals surface area contributed by atoms with Crippen LogP contribution in [0.1, 0.15) is 25.3 Å². The zero-order valence-electron chi connectivity index (χ0n) is 10.3. The summed E-state index contributed by atoms with van der Waals surface area (Å²) in [5.74, 6) is 5.37. The third-order valence-electron chi connectivity index (χ3n) is 2.47. The summed E-state index contributed by atoms with van der Waals surface area (Å²) in [7, 11) is 0. The van der Waals surface area contributed by atoms with Crippen LogP contribution in [-0.2, 0) is 11.2 Å². The van der Waals surface area contributed by atoms with Crippen molar-refractivity contribution in [2.24, 2.45) is 5.84 Å². The molecule has 0 radical (unpaired) electrons. The van der Waals surface area contributed by atoms with E-state index in [-0.39, 0.29) is 5.91 Å². The highest BCUT2D eigenvalue weighted by Gasteiger charge is 2.18. The molecule has 0 spiro atoms. The largest absolute Gasteiger partial charge is 0.481 e. The van der Waals surface area contributed by atoms with Crippen molar-refractivity contribution >= 4 is 5.91 Å². The summed E-state index contributed by atoms with van der Waals surface area (Å²) in [6.07, 6.45) is 1.21. The molecule has 0 saturated heterocycles. The molecule has 3 N–H and O–H groups in total. The molecule has 1 unspecified atom stereocenters. The van der Waals surface area contributed by atoms with Crippen LogP contribution < -0.4 is 16.0 Å². The fourth-order valence-corrected chi connectivity index (χ4v) is 1.54. The molecule has 0 aliphatic rings. The van der Waals surface area contributed by atoms with Crippen molar-refractivity contribution in [2.75, 3.05) is 0 Å². The van der Waals surface area contributed by atoms with Gasteiger partial charge in [-0.15, -0.1) is 0 Å². The van der Waals surface area contributed by atoms with Crippen LogP contribution in [0.15, 0.2) is 24.3 Å². The highest BCUT2D eigenvalue weighted by Crippen LogP contribution is 2.16. The van der Waals surface area contributed by atoms with E-state index < -0.39 is 6.10 Å². The van der Waals surface area contributed by atoms with Gasteiger partial charge in [-0.05, 0) is 24.1 Å². The number of hydrogen-bond donors (Lipinski definition) is 2. The van der Waals surface area contributed by atoms with Gasteiger partial charge in [-0.1, -0.05) is 25.5 Å². The number of carbonyl (C=O) groups is 1. The first-order valence-corrected chi connectivity index (χ1v) is 5.84. The number of nitrogens with one attached hydrogen (secondary N) is 1. The summed E-state index contributed by atoms with van der Waals surface area (Å²) < 4.78 is 5.57. The van der Waals surface area contributed by atoms with E-state index in [1.165, 1.54) is 0 Å². The molecule has 0 fully saturated rings. The first-order chi connectivity index (χ1) is 8.71. The Morgan fingerprint density at radius 2 is 2.17 bits per heavy atom. The third kappa shape index (κ3) is 4.07. The molecular weight excluding hydrogens is 230 g/mol. The second-order valence-electron chi connectivity index (χ2n) is 3.88. The molecule has 0 aliphatic heterocycles. The van der Waals surface area contributed by atoms with E-state index in [1.807, 2.05) is 19.1 Å². The third-order valence-corrected chi connectivity index (χ3v) is 2.47. The Morgan fingerprint density at radius 1 is 1.50 bits per heavy atom. The van der Waals surface area contributed by atoms with Crippen molar-refractivity contribution in [3.8, 4) is 11.8 Å². The van der Waals surface area contributed by atoms with Gasteiger partial charge in [-0.3, -0.25) is 10.2 Å². The van der Waals surface area contributed by atoms with Gasteiger partial charge in [0.15, 0.2) is 6.10 Å². The second-order valence-corrected chi connectivity index (χ2v) is 3.88. The molecule has 5 nitrogen and oxygen atoms in total. The summed E-state index contributed by atoms with van der Waals surface area (Å²) in [5.41, 5.74) is 3.01. The van der Waals surface area contributed by atoms with E-state index in [1.54, 1.807) is 12.1 Å². The average Bonchev–Trinajstić information content (AvgIpc) is 2.40. The first kappa shape index (κ1) is 14.0. The monoisotopic (exact) mass is 247 g/mol. The number of hydrazine groups is 1. The molecule has 96 valence electrons. The van der Waals surface area contributed by atoms with Crippen LogP contribution in [0, 0.1) is 11.3 Å². The lowest BCUT2D eigenvalue weighted by Gasteiger charge is -2.16. The smallest absolute Gasteiger partial charge is 0.274 e. The number of rotatable bonds is 6. The summed E-state index contributed by atoms with van der Waals surface area (Å²) in [5, 5.41) is 8.56. The van der Waals surface area contributed by atoms with Gasteiger partial charge in [-0.2, -0.15) is 5.26 Å². The molecule has 0 heterocycles. The molecule has 1 atom stereocenters. The summed E-state index contributed by atoms with van der Waals surface area (Å²) in [6, 6.07) is 9.18. The standard InChI is InChI=1S/C13H17N3O2/c1-2-3-12(13(17)16-15)18-11-6-4-10(5-7-11)8-9-14/h4-7,12H,2-3,8,15H2,1H3,(H,16,17). The zero-order valence-corrected chi connectivity index (χ0v) is 10.3. The van der Waals surface area contributed by atoms with Crippen LogP contribution in [0.5, 0.6) is 5.75 Å². The Hall–Kier alpha value is -2.06. The first-order valence-electron chi connectivity index (χ1n) is 5.84.